The van der Waals surface area contributed by atoms with E-state index in [-0.39, 0.29) is 22.8 Å². The number of likely N-dealkylation sites (tertiary alicyclic amines) is 1. The van der Waals surface area contributed by atoms with Gasteiger partial charge in [-0.2, -0.15) is 0 Å². The minimum Gasteiger partial charge on any atom is -0.303 e. The van der Waals surface area contributed by atoms with Gasteiger partial charge in [0, 0.05) is 12.0 Å². The molecule has 3 aliphatic rings. The Bertz CT molecular complexity index is 696. The maximum absolute atomic E-state index is 11.9. The number of hydrogen-bond acceptors (Lipinski definition) is 3. The van der Waals surface area contributed by atoms with Gasteiger partial charge in [-0.05, 0) is 68.0 Å². The van der Waals surface area contributed by atoms with Gasteiger partial charge in [0.1, 0.15) is 0 Å². The smallest absolute Gasteiger partial charge is 0.208 e. The minimum atomic E-state index is -3.19. The number of fused-ring (bicyclic) bond motifs is 2. The van der Waals surface area contributed by atoms with Crippen molar-refractivity contribution in [1.82, 2.24) is 9.62 Å². The Labute approximate surface area is 166 Å². The van der Waals surface area contributed by atoms with E-state index in [0.29, 0.717) is 5.41 Å². The molecule has 1 saturated carbocycles. The second-order valence-electron chi connectivity index (χ2n) is 10.5. The molecule has 0 bridgehead atoms. The van der Waals surface area contributed by atoms with E-state index in [0.717, 1.165) is 12.8 Å². The van der Waals surface area contributed by atoms with Crippen LogP contribution in [0, 0.1) is 22.2 Å². The molecule has 0 radical (unpaired) electrons. The Morgan fingerprint density at radius 3 is 2.41 bits per heavy atom. The molecule has 0 aromatic heterocycles. The fourth-order valence-corrected chi connectivity index (χ4v) is 6.42. The van der Waals surface area contributed by atoms with Crippen molar-refractivity contribution in [3.8, 4) is 0 Å². The normalized spacial score (nSPS) is 34.0. The average molecular weight is 395 g/mol. The van der Waals surface area contributed by atoms with Gasteiger partial charge >= 0.3 is 0 Å². The third kappa shape index (κ3) is 4.51. The van der Waals surface area contributed by atoms with Gasteiger partial charge in [-0.1, -0.05) is 52.0 Å². The second-order valence-corrected chi connectivity index (χ2v) is 12.3. The highest BCUT2D eigenvalue weighted by molar-refractivity contribution is 7.88. The lowest BCUT2D eigenvalue weighted by Gasteiger charge is -2.60. The third-order valence-electron chi connectivity index (χ3n) is 7.43. The first-order chi connectivity index (χ1) is 12.4. The number of rotatable bonds is 4. The molecular formula is C22H38N2O2S. The molecule has 0 aromatic carbocycles. The Balaban J connectivity index is 1.74. The molecule has 1 saturated heterocycles. The quantitative estimate of drug-likeness (QED) is 0.785. The molecule has 2 fully saturated rings. The standard InChI is InChI=1S/C22H38N2O2S/c1-20(2,3)12-15-24-16-13-22(14-17-24)11-9-19(23-27(5,25)26)18-8-6-7-10-21(18,22)4/h6-8,10,18-19,23H,9,11-17H2,1-5H3/t18?,19-,21?/m0/s1. The number of piperidine rings is 1. The first kappa shape index (κ1) is 21.1. The van der Waals surface area contributed by atoms with Crippen molar-refractivity contribution in [2.45, 2.75) is 65.8 Å². The molecule has 154 valence electrons. The molecule has 1 heterocycles. The van der Waals surface area contributed by atoms with Crippen molar-refractivity contribution in [2.75, 3.05) is 25.9 Å². The largest absolute Gasteiger partial charge is 0.303 e. The Morgan fingerprint density at radius 2 is 1.81 bits per heavy atom. The first-order valence-electron chi connectivity index (χ1n) is 10.5. The summed E-state index contributed by atoms with van der Waals surface area (Å²) < 4.78 is 26.7. The summed E-state index contributed by atoms with van der Waals surface area (Å²) in [5.74, 6) is 0.243. The average Bonchev–Trinajstić information content (AvgIpc) is 2.56. The third-order valence-corrected chi connectivity index (χ3v) is 8.16. The summed E-state index contributed by atoms with van der Waals surface area (Å²) >= 11 is 0. The van der Waals surface area contributed by atoms with Crippen LogP contribution in [0.25, 0.3) is 0 Å². The molecule has 5 heteroatoms. The molecule has 4 nitrogen and oxygen atoms in total. The van der Waals surface area contributed by atoms with Crippen LogP contribution in [-0.4, -0.2) is 45.2 Å². The molecule has 3 atom stereocenters. The lowest BCUT2D eigenvalue weighted by molar-refractivity contribution is -0.0567. The summed E-state index contributed by atoms with van der Waals surface area (Å²) in [6.07, 6.45) is 15.9. The molecule has 27 heavy (non-hydrogen) atoms. The molecule has 1 spiro atoms. The predicted octanol–water partition coefficient (Wildman–Crippen LogP) is 3.96. The highest BCUT2D eigenvalue weighted by Crippen LogP contribution is 2.60. The van der Waals surface area contributed by atoms with Crippen LogP contribution in [0.1, 0.15) is 59.8 Å². The minimum absolute atomic E-state index is 0.00995. The van der Waals surface area contributed by atoms with Gasteiger partial charge in [-0.3, -0.25) is 0 Å². The fraction of sp³-hybridized carbons (Fsp3) is 0.818. The summed E-state index contributed by atoms with van der Waals surface area (Å²) in [5, 5.41) is 0. The lowest BCUT2D eigenvalue weighted by Crippen LogP contribution is -2.59. The summed E-state index contributed by atoms with van der Waals surface area (Å²) in [5.41, 5.74) is 0.698. The number of nitrogens with one attached hydrogen (secondary N) is 1. The van der Waals surface area contributed by atoms with Crippen molar-refractivity contribution in [3.05, 3.63) is 24.3 Å². The summed E-state index contributed by atoms with van der Waals surface area (Å²) in [4.78, 5) is 2.64. The van der Waals surface area contributed by atoms with E-state index in [1.807, 2.05) is 0 Å². The Morgan fingerprint density at radius 1 is 1.15 bits per heavy atom. The zero-order valence-corrected chi connectivity index (χ0v) is 18.6. The van der Waals surface area contributed by atoms with Crippen molar-refractivity contribution >= 4 is 10.0 Å². The zero-order valence-electron chi connectivity index (χ0n) is 17.8. The van der Waals surface area contributed by atoms with Gasteiger partial charge in [-0.15, -0.1) is 0 Å². The van der Waals surface area contributed by atoms with Gasteiger partial charge in [-0.25, -0.2) is 13.1 Å². The molecule has 3 rings (SSSR count). The van der Waals surface area contributed by atoms with Crippen LogP contribution in [0.15, 0.2) is 24.3 Å². The lowest BCUT2D eigenvalue weighted by atomic mass is 9.47. The van der Waals surface area contributed by atoms with Crippen LogP contribution in [0.3, 0.4) is 0 Å². The first-order valence-corrected chi connectivity index (χ1v) is 12.4. The van der Waals surface area contributed by atoms with Crippen LogP contribution < -0.4 is 4.72 Å². The van der Waals surface area contributed by atoms with E-state index in [1.54, 1.807) is 0 Å². The van der Waals surface area contributed by atoms with Gasteiger partial charge in [0.05, 0.1) is 6.26 Å². The number of hydrogen-bond donors (Lipinski definition) is 1. The van der Waals surface area contributed by atoms with Crippen LogP contribution in [-0.2, 0) is 10.0 Å². The van der Waals surface area contributed by atoms with E-state index in [2.05, 4.69) is 61.6 Å². The van der Waals surface area contributed by atoms with Gasteiger partial charge < -0.3 is 4.90 Å². The predicted molar refractivity (Wildman–Crippen MR) is 113 cm³/mol. The van der Waals surface area contributed by atoms with Gasteiger partial charge in [0.2, 0.25) is 10.0 Å². The SMILES string of the molecule is CC(C)(C)CCN1CCC2(CC[C@H](NS(C)(=O)=O)C3C=CC=CC32C)CC1. The Kier molecular flexibility index (Phi) is 5.70. The number of nitrogens with zero attached hydrogens (tertiary/aromatic N) is 1. The number of allylic oxidation sites excluding steroid dienone is 3. The summed E-state index contributed by atoms with van der Waals surface area (Å²) in [6.45, 7) is 12.9. The van der Waals surface area contributed by atoms with Crippen molar-refractivity contribution in [1.29, 1.82) is 0 Å². The van der Waals surface area contributed by atoms with Crippen LogP contribution in [0.2, 0.25) is 0 Å². The second kappa shape index (κ2) is 7.31. The molecule has 2 aliphatic carbocycles. The molecule has 1 aliphatic heterocycles. The monoisotopic (exact) mass is 394 g/mol. The van der Waals surface area contributed by atoms with Gasteiger partial charge in [0.25, 0.3) is 0 Å². The Hall–Kier alpha value is -0.650. The fourth-order valence-electron chi connectivity index (χ4n) is 5.61. The molecule has 0 amide bonds. The zero-order chi connectivity index (χ0) is 19.9. The highest BCUT2D eigenvalue weighted by atomic mass is 32.2. The van der Waals surface area contributed by atoms with E-state index in [9.17, 15) is 8.42 Å². The summed E-state index contributed by atoms with van der Waals surface area (Å²) in [6, 6.07) is 0.00995. The molecule has 1 N–H and O–H groups in total. The van der Waals surface area contributed by atoms with E-state index >= 15 is 0 Å². The topological polar surface area (TPSA) is 49.4 Å². The molecular weight excluding hydrogens is 356 g/mol. The van der Waals surface area contributed by atoms with Crippen LogP contribution in [0.4, 0.5) is 0 Å². The van der Waals surface area contributed by atoms with E-state index in [1.165, 1.54) is 45.2 Å². The van der Waals surface area contributed by atoms with E-state index < -0.39 is 10.0 Å². The van der Waals surface area contributed by atoms with Crippen molar-refractivity contribution in [2.24, 2.45) is 22.2 Å². The van der Waals surface area contributed by atoms with Crippen LogP contribution in [0.5, 0.6) is 0 Å². The van der Waals surface area contributed by atoms with Crippen molar-refractivity contribution in [3.63, 3.8) is 0 Å². The maximum Gasteiger partial charge on any atom is 0.208 e. The molecule has 0 aromatic rings. The maximum atomic E-state index is 11.9. The van der Waals surface area contributed by atoms with Crippen molar-refractivity contribution < 1.29 is 8.42 Å². The number of sulfonamides is 1. The summed E-state index contributed by atoms with van der Waals surface area (Å²) in [7, 11) is -3.19. The van der Waals surface area contributed by atoms with Gasteiger partial charge in [0.15, 0.2) is 0 Å². The molecule has 2 unspecified atom stereocenters. The van der Waals surface area contributed by atoms with Crippen LogP contribution >= 0.6 is 0 Å². The highest BCUT2D eigenvalue weighted by Gasteiger charge is 2.56. The van der Waals surface area contributed by atoms with E-state index in [4.69, 9.17) is 0 Å².